The van der Waals surface area contributed by atoms with Crippen LogP contribution < -0.4 is 5.32 Å². The molecule has 0 saturated carbocycles. The van der Waals surface area contributed by atoms with Crippen LogP contribution in [0.3, 0.4) is 0 Å². The number of hydrogen-bond donors (Lipinski definition) is 2. The highest BCUT2D eigenvalue weighted by Crippen LogP contribution is 2.30. The SMILES string of the molecule is Cl.OCCC[C@H](c1cc(Br)ccc1F)N1CCNCC1. The van der Waals surface area contributed by atoms with Gasteiger partial charge in [-0.15, -0.1) is 12.4 Å². The zero-order valence-corrected chi connectivity index (χ0v) is 13.7. The van der Waals surface area contributed by atoms with E-state index >= 15 is 0 Å². The Labute approximate surface area is 134 Å². The summed E-state index contributed by atoms with van der Waals surface area (Å²) in [4.78, 5) is 2.30. The summed E-state index contributed by atoms with van der Waals surface area (Å²) in [7, 11) is 0. The molecule has 1 atom stereocenters. The van der Waals surface area contributed by atoms with Crippen LogP contribution in [0.4, 0.5) is 4.39 Å². The van der Waals surface area contributed by atoms with E-state index in [1.807, 2.05) is 6.07 Å². The summed E-state index contributed by atoms with van der Waals surface area (Å²) in [6.45, 7) is 3.86. The second kappa shape index (κ2) is 8.95. The van der Waals surface area contributed by atoms with Crippen molar-refractivity contribution >= 4 is 28.3 Å². The minimum Gasteiger partial charge on any atom is -0.396 e. The van der Waals surface area contributed by atoms with Crippen LogP contribution in [0.5, 0.6) is 0 Å². The molecule has 1 heterocycles. The lowest BCUT2D eigenvalue weighted by molar-refractivity contribution is 0.151. The molecular weight excluding hydrogens is 347 g/mol. The van der Waals surface area contributed by atoms with Crippen molar-refractivity contribution in [2.45, 2.75) is 18.9 Å². The number of benzene rings is 1. The molecule has 0 aliphatic carbocycles. The van der Waals surface area contributed by atoms with Crippen molar-refractivity contribution in [1.29, 1.82) is 0 Å². The van der Waals surface area contributed by atoms with Crippen molar-refractivity contribution in [3.63, 3.8) is 0 Å². The van der Waals surface area contributed by atoms with Crippen LogP contribution in [0.15, 0.2) is 22.7 Å². The molecule has 0 spiro atoms. The minimum atomic E-state index is -0.162. The summed E-state index contributed by atoms with van der Waals surface area (Å²) in [6.07, 6.45) is 1.48. The average Bonchev–Trinajstić information content (AvgIpc) is 2.44. The van der Waals surface area contributed by atoms with E-state index in [1.165, 1.54) is 6.07 Å². The lowest BCUT2D eigenvalue weighted by Gasteiger charge is -2.35. The van der Waals surface area contributed by atoms with E-state index in [2.05, 4.69) is 26.1 Å². The van der Waals surface area contributed by atoms with Crippen molar-refractivity contribution in [1.82, 2.24) is 10.2 Å². The number of hydrogen-bond acceptors (Lipinski definition) is 3. The molecule has 0 radical (unpaired) electrons. The van der Waals surface area contributed by atoms with Crippen LogP contribution in [0.25, 0.3) is 0 Å². The molecule has 1 aliphatic heterocycles. The smallest absolute Gasteiger partial charge is 0.128 e. The number of aliphatic hydroxyl groups is 1. The van der Waals surface area contributed by atoms with Crippen molar-refractivity contribution < 1.29 is 9.50 Å². The van der Waals surface area contributed by atoms with Crippen LogP contribution in [0.1, 0.15) is 24.4 Å². The highest BCUT2D eigenvalue weighted by Gasteiger charge is 2.24. The minimum absolute atomic E-state index is 0. The fourth-order valence-corrected chi connectivity index (χ4v) is 2.96. The van der Waals surface area contributed by atoms with Crippen molar-refractivity contribution in [3.8, 4) is 0 Å². The van der Waals surface area contributed by atoms with Gasteiger partial charge in [-0.3, -0.25) is 4.90 Å². The molecule has 2 N–H and O–H groups in total. The Hall–Kier alpha value is -0.200. The lowest BCUT2D eigenvalue weighted by atomic mass is 9.99. The Morgan fingerprint density at radius 3 is 2.70 bits per heavy atom. The van der Waals surface area contributed by atoms with E-state index in [1.54, 1.807) is 6.07 Å². The van der Waals surface area contributed by atoms with Gasteiger partial charge in [-0.1, -0.05) is 15.9 Å². The van der Waals surface area contributed by atoms with E-state index in [-0.39, 0.29) is 30.9 Å². The topological polar surface area (TPSA) is 35.5 Å². The van der Waals surface area contributed by atoms with Gasteiger partial charge in [0.15, 0.2) is 0 Å². The predicted octanol–water partition coefficient (Wildman–Crippen LogP) is 2.73. The van der Waals surface area contributed by atoms with Gasteiger partial charge < -0.3 is 10.4 Å². The Kier molecular flexibility index (Phi) is 7.99. The molecule has 1 aliphatic rings. The summed E-state index contributed by atoms with van der Waals surface area (Å²) in [5, 5.41) is 12.4. The highest BCUT2D eigenvalue weighted by atomic mass is 79.9. The molecule has 1 fully saturated rings. The summed E-state index contributed by atoms with van der Waals surface area (Å²) < 4.78 is 15.0. The number of rotatable bonds is 5. The molecule has 20 heavy (non-hydrogen) atoms. The van der Waals surface area contributed by atoms with E-state index < -0.39 is 0 Å². The second-order valence-electron chi connectivity index (χ2n) is 4.83. The van der Waals surface area contributed by atoms with Gasteiger partial charge in [0.25, 0.3) is 0 Å². The second-order valence-corrected chi connectivity index (χ2v) is 5.75. The van der Waals surface area contributed by atoms with Crippen LogP contribution >= 0.6 is 28.3 Å². The van der Waals surface area contributed by atoms with Crippen LogP contribution in [0, 0.1) is 5.82 Å². The summed E-state index contributed by atoms with van der Waals surface area (Å²) in [5.41, 5.74) is 0.727. The van der Waals surface area contributed by atoms with Gasteiger partial charge in [-0.05, 0) is 31.0 Å². The predicted molar refractivity (Wildman–Crippen MR) is 84.9 cm³/mol. The fourth-order valence-electron chi connectivity index (χ4n) is 2.58. The largest absolute Gasteiger partial charge is 0.396 e. The maximum atomic E-state index is 14.1. The molecule has 0 bridgehead atoms. The molecule has 6 heteroatoms. The summed E-state index contributed by atoms with van der Waals surface area (Å²) in [6, 6.07) is 5.14. The molecule has 0 unspecified atom stereocenters. The van der Waals surface area contributed by atoms with Crippen molar-refractivity contribution in [2.75, 3.05) is 32.8 Å². The Morgan fingerprint density at radius 1 is 1.35 bits per heavy atom. The first-order valence-electron chi connectivity index (χ1n) is 6.73. The van der Waals surface area contributed by atoms with E-state index in [9.17, 15) is 4.39 Å². The van der Waals surface area contributed by atoms with Crippen LogP contribution in [0.2, 0.25) is 0 Å². The van der Waals surface area contributed by atoms with E-state index in [4.69, 9.17) is 5.11 Å². The Morgan fingerprint density at radius 2 is 2.05 bits per heavy atom. The summed E-state index contributed by atoms with van der Waals surface area (Å²) >= 11 is 3.41. The first kappa shape index (κ1) is 17.9. The summed E-state index contributed by atoms with van der Waals surface area (Å²) in [5.74, 6) is -0.162. The quantitative estimate of drug-likeness (QED) is 0.840. The Balaban J connectivity index is 0.00000200. The fraction of sp³-hybridized carbons (Fsp3) is 0.571. The number of aliphatic hydroxyl groups excluding tert-OH is 1. The van der Waals surface area contributed by atoms with Gasteiger partial charge in [-0.25, -0.2) is 4.39 Å². The molecule has 0 aromatic heterocycles. The monoisotopic (exact) mass is 366 g/mol. The lowest BCUT2D eigenvalue weighted by Crippen LogP contribution is -2.45. The molecule has 1 aromatic rings. The number of nitrogens with zero attached hydrogens (tertiary/aromatic N) is 1. The normalized spacial score (nSPS) is 17.6. The zero-order valence-electron chi connectivity index (χ0n) is 11.3. The molecule has 114 valence electrons. The number of piperazine rings is 1. The van der Waals surface area contributed by atoms with Crippen LogP contribution in [-0.4, -0.2) is 42.8 Å². The van der Waals surface area contributed by atoms with Crippen LogP contribution in [-0.2, 0) is 0 Å². The van der Waals surface area contributed by atoms with Gasteiger partial charge in [0.2, 0.25) is 0 Å². The molecule has 1 aromatic carbocycles. The molecule has 3 nitrogen and oxygen atoms in total. The first-order valence-corrected chi connectivity index (χ1v) is 7.52. The van der Waals surface area contributed by atoms with Crippen molar-refractivity contribution in [3.05, 3.63) is 34.1 Å². The third kappa shape index (κ3) is 4.67. The maximum Gasteiger partial charge on any atom is 0.128 e. The third-order valence-corrected chi connectivity index (χ3v) is 4.04. The van der Waals surface area contributed by atoms with Gasteiger partial charge in [0.1, 0.15) is 5.82 Å². The van der Waals surface area contributed by atoms with Gasteiger partial charge in [0.05, 0.1) is 0 Å². The zero-order chi connectivity index (χ0) is 13.7. The number of nitrogens with one attached hydrogen (secondary N) is 1. The van der Waals surface area contributed by atoms with E-state index in [0.717, 1.165) is 42.6 Å². The van der Waals surface area contributed by atoms with Gasteiger partial charge >= 0.3 is 0 Å². The standard InChI is InChI=1S/C14H20BrFN2O.ClH/c15-11-3-4-13(16)12(10-11)14(2-1-9-19)18-7-5-17-6-8-18;/h3-4,10,14,17,19H,1-2,5-9H2;1H/t14-;/m1./s1. The third-order valence-electron chi connectivity index (χ3n) is 3.55. The molecular formula is C14H21BrClFN2O. The first-order chi connectivity index (χ1) is 9.22. The highest BCUT2D eigenvalue weighted by molar-refractivity contribution is 9.10. The number of halogens is 3. The maximum absolute atomic E-state index is 14.1. The molecule has 0 amide bonds. The Bertz CT molecular complexity index is 416. The average molecular weight is 368 g/mol. The molecule has 1 saturated heterocycles. The van der Waals surface area contributed by atoms with Crippen molar-refractivity contribution in [2.24, 2.45) is 0 Å². The van der Waals surface area contributed by atoms with Gasteiger partial charge in [-0.2, -0.15) is 0 Å². The van der Waals surface area contributed by atoms with E-state index in [0.29, 0.717) is 6.42 Å². The molecule has 2 rings (SSSR count). The van der Waals surface area contributed by atoms with Gasteiger partial charge in [0, 0.05) is 48.9 Å².